The number of hydrogen-bond acceptors (Lipinski definition) is 4. The Bertz CT molecular complexity index is 1190. The van der Waals surface area contributed by atoms with Crippen molar-refractivity contribution in [1.82, 2.24) is 15.3 Å². The molecule has 2 atom stereocenters. The van der Waals surface area contributed by atoms with E-state index in [4.69, 9.17) is 0 Å². The molecular formula is C29H32N4O2. The number of aliphatic hydroxyl groups is 1. The zero-order valence-electron chi connectivity index (χ0n) is 19.9. The molecule has 0 bridgehead atoms. The number of nitrogens with zero attached hydrogens (tertiary/aromatic N) is 1. The first kappa shape index (κ1) is 24.4. The first-order valence-corrected chi connectivity index (χ1v) is 12.0. The van der Waals surface area contributed by atoms with E-state index < -0.39 is 6.10 Å². The van der Waals surface area contributed by atoms with Crippen molar-refractivity contribution in [2.45, 2.75) is 31.8 Å². The molecule has 0 saturated heterocycles. The van der Waals surface area contributed by atoms with Crippen molar-refractivity contribution >= 4 is 11.6 Å². The SMILES string of the molecule is CC(c1ccccc1)c1cnc(CC(=O)Nc2ccc(CCNC[C@H](O)c3ccccc3)cc2)[nH]1. The molecule has 4 N–H and O–H groups in total. The van der Waals surface area contributed by atoms with Crippen LogP contribution in [0, 0.1) is 0 Å². The predicted octanol–water partition coefficient (Wildman–Crippen LogP) is 4.61. The summed E-state index contributed by atoms with van der Waals surface area (Å²) in [5, 5.41) is 16.5. The molecule has 0 fully saturated rings. The van der Waals surface area contributed by atoms with E-state index in [1.165, 1.54) is 5.56 Å². The van der Waals surface area contributed by atoms with Gasteiger partial charge < -0.3 is 20.7 Å². The van der Waals surface area contributed by atoms with Crippen LogP contribution in [0.4, 0.5) is 5.69 Å². The summed E-state index contributed by atoms with van der Waals surface area (Å²) in [5.41, 5.74) is 5.03. The maximum absolute atomic E-state index is 12.5. The Morgan fingerprint density at radius 1 is 0.943 bits per heavy atom. The molecule has 4 rings (SSSR count). The summed E-state index contributed by atoms with van der Waals surface area (Å²) >= 11 is 0. The van der Waals surface area contributed by atoms with Gasteiger partial charge in [0, 0.05) is 30.0 Å². The molecule has 0 aliphatic heterocycles. The Morgan fingerprint density at radius 2 is 1.60 bits per heavy atom. The molecule has 1 heterocycles. The molecule has 6 heteroatoms. The largest absolute Gasteiger partial charge is 0.387 e. The highest BCUT2D eigenvalue weighted by Gasteiger charge is 2.13. The number of carbonyl (C=O) groups is 1. The van der Waals surface area contributed by atoms with Gasteiger partial charge in [-0.3, -0.25) is 4.79 Å². The van der Waals surface area contributed by atoms with Crippen molar-refractivity contribution in [3.8, 4) is 0 Å². The zero-order valence-corrected chi connectivity index (χ0v) is 19.9. The molecule has 0 spiro atoms. The Morgan fingerprint density at radius 3 is 2.29 bits per heavy atom. The Kier molecular flexibility index (Phi) is 8.44. The van der Waals surface area contributed by atoms with E-state index in [0.717, 1.165) is 35.5 Å². The topological polar surface area (TPSA) is 90.0 Å². The molecule has 0 radical (unpaired) electrons. The molecule has 4 aromatic rings. The van der Waals surface area contributed by atoms with Crippen LogP contribution in [0.25, 0.3) is 0 Å². The molecule has 0 aliphatic carbocycles. The minimum Gasteiger partial charge on any atom is -0.387 e. The second-order valence-electron chi connectivity index (χ2n) is 8.72. The lowest BCUT2D eigenvalue weighted by molar-refractivity contribution is -0.115. The average Bonchev–Trinajstić information content (AvgIpc) is 3.36. The lowest BCUT2D eigenvalue weighted by atomic mass is 9.99. The Hall–Kier alpha value is -3.74. The van der Waals surface area contributed by atoms with E-state index in [9.17, 15) is 9.90 Å². The lowest BCUT2D eigenvalue weighted by Crippen LogP contribution is -2.23. The van der Waals surface area contributed by atoms with Gasteiger partial charge in [0.25, 0.3) is 0 Å². The fourth-order valence-corrected chi connectivity index (χ4v) is 3.99. The summed E-state index contributed by atoms with van der Waals surface area (Å²) in [6, 6.07) is 27.7. The molecule has 6 nitrogen and oxygen atoms in total. The number of rotatable bonds is 11. The summed E-state index contributed by atoms with van der Waals surface area (Å²) in [6.45, 7) is 3.39. The maximum Gasteiger partial charge on any atom is 0.231 e. The van der Waals surface area contributed by atoms with Crippen molar-refractivity contribution in [3.05, 3.63) is 119 Å². The Labute approximate surface area is 206 Å². The van der Waals surface area contributed by atoms with E-state index in [1.54, 1.807) is 0 Å². The van der Waals surface area contributed by atoms with Crippen LogP contribution in [-0.4, -0.2) is 34.1 Å². The number of imidazole rings is 1. The smallest absolute Gasteiger partial charge is 0.231 e. The van der Waals surface area contributed by atoms with Crippen LogP contribution in [-0.2, 0) is 17.6 Å². The van der Waals surface area contributed by atoms with E-state index in [-0.39, 0.29) is 18.2 Å². The van der Waals surface area contributed by atoms with Gasteiger partial charge in [-0.2, -0.15) is 0 Å². The van der Waals surface area contributed by atoms with Gasteiger partial charge in [-0.1, -0.05) is 79.7 Å². The quantitative estimate of drug-likeness (QED) is 0.242. The van der Waals surface area contributed by atoms with Gasteiger partial charge in [0.1, 0.15) is 5.82 Å². The molecule has 0 aliphatic rings. The van der Waals surface area contributed by atoms with Gasteiger partial charge in [-0.05, 0) is 41.8 Å². The van der Waals surface area contributed by atoms with Crippen molar-refractivity contribution in [2.24, 2.45) is 0 Å². The molecule has 35 heavy (non-hydrogen) atoms. The summed E-state index contributed by atoms with van der Waals surface area (Å²) in [5.74, 6) is 0.729. The van der Waals surface area contributed by atoms with Crippen LogP contribution in [0.1, 0.15) is 47.2 Å². The van der Waals surface area contributed by atoms with Crippen LogP contribution in [0.5, 0.6) is 0 Å². The van der Waals surface area contributed by atoms with Crippen molar-refractivity contribution in [3.63, 3.8) is 0 Å². The van der Waals surface area contributed by atoms with Gasteiger partial charge >= 0.3 is 0 Å². The first-order valence-electron chi connectivity index (χ1n) is 12.0. The van der Waals surface area contributed by atoms with Crippen molar-refractivity contribution < 1.29 is 9.90 Å². The third-order valence-electron chi connectivity index (χ3n) is 6.09. The zero-order chi connectivity index (χ0) is 24.5. The summed E-state index contributed by atoms with van der Waals surface area (Å²) in [7, 11) is 0. The molecule has 3 aromatic carbocycles. The van der Waals surface area contributed by atoms with Crippen LogP contribution < -0.4 is 10.6 Å². The third-order valence-corrected chi connectivity index (χ3v) is 6.09. The molecule has 180 valence electrons. The fourth-order valence-electron chi connectivity index (χ4n) is 3.99. The first-order chi connectivity index (χ1) is 17.1. The average molecular weight is 469 g/mol. The predicted molar refractivity (Wildman–Crippen MR) is 139 cm³/mol. The number of H-pyrrole nitrogens is 1. The second-order valence-corrected chi connectivity index (χ2v) is 8.72. The van der Waals surface area contributed by atoms with Gasteiger partial charge in [0.15, 0.2) is 0 Å². The van der Waals surface area contributed by atoms with E-state index in [1.807, 2.05) is 79.0 Å². The number of carbonyl (C=O) groups excluding carboxylic acids is 1. The number of hydrogen-bond donors (Lipinski definition) is 4. The lowest BCUT2D eigenvalue weighted by Gasteiger charge is -2.12. The number of aromatic amines is 1. The normalized spacial score (nSPS) is 12.7. The van der Waals surface area contributed by atoms with E-state index in [0.29, 0.717) is 12.4 Å². The number of amides is 1. The molecular weight excluding hydrogens is 436 g/mol. The van der Waals surface area contributed by atoms with Crippen LogP contribution in [0.2, 0.25) is 0 Å². The molecule has 1 aromatic heterocycles. The fraction of sp³-hybridized carbons (Fsp3) is 0.241. The van der Waals surface area contributed by atoms with Crippen LogP contribution in [0.15, 0.2) is 91.1 Å². The molecule has 0 saturated carbocycles. The minimum absolute atomic E-state index is 0.109. The summed E-state index contributed by atoms with van der Waals surface area (Å²) in [4.78, 5) is 20.2. The molecule has 1 amide bonds. The van der Waals surface area contributed by atoms with E-state index >= 15 is 0 Å². The monoisotopic (exact) mass is 468 g/mol. The highest BCUT2D eigenvalue weighted by atomic mass is 16.3. The van der Waals surface area contributed by atoms with Crippen LogP contribution >= 0.6 is 0 Å². The van der Waals surface area contributed by atoms with Gasteiger partial charge in [-0.15, -0.1) is 0 Å². The number of nitrogens with one attached hydrogen (secondary N) is 3. The van der Waals surface area contributed by atoms with Gasteiger partial charge in [-0.25, -0.2) is 4.98 Å². The maximum atomic E-state index is 12.5. The van der Waals surface area contributed by atoms with Crippen molar-refractivity contribution in [2.75, 3.05) is 18.4 Å². The summed E-state index contributed by atoms with van der Waals surface area (Å²) < 4.78 is 0. The van der Waals surface area contributed by atoms with Crippen LogP contribution in [0.3, 0.4) is 0 Å². The van der Waals surface area contributed by atoms with Gasteiger partial charge in [0.2, 0.25) is 5.91 Å². The number of aromatic nitrogens is 2. The second kappa shape index (κ2) is 12.1. The van der Waals surface area contributed by atoms with Gasteiger partial charge in [0.05, 0.1) is 12.5 Å². The number of aliphatic hydroxyl groups excluding tert-OH is 1. The standard InChI is InChI=1S/C29H32N4O2/c1-21(23-8-4-2-5-9-23)26-19-31-28(33-26)18-29(35)32-25-14-12-22(13-15-25)16-17-30-20-27(34)24-10-6-3-7-11-24/h2-15,19,21,27,30,34H,16-18,20H2,1H3,(H,31,33)(H,32,35)/t21?,27-/m0/s1. The highest BCUT2D eigenvalue weighted by Crippen LogP contribution is 2.22. The third kappa shape index (κ3) is 7.12. The minimum atomic E-state index is -0.513. The number of anilines is 1. The van der Waals surface area contributed by atoms with E-state index in [2.05, 4.69) is 39.7 Å². The molecule has 1 unspecified atom stereocenters. The number of benzene rings is 3. The summed E-state index contributed by atoms with van der Waals surface area (Å²) in [6.07, 6.45) is 2.32. The highest BCUT2D eigenvalue weighted by molar-refractivity contribution is 5.91. The Balaban J connectivity index is 1.20. The van der Waals surface area contributed by atoms with Crippen molar-refractivity contribution in [1.29, 1.82) is 0 Å².